The van der Waals surface area contributed by atoms with Crippen LogP contribution in [0.2, 0.25) is 0 Å². The van der Waals surface area contributed by atoms with Crippen LogP contribution in [0.4, 0.5) is 11.7 Å². The zero-order valence-electron chi connectivity index (χ0n) is 13.4. The van der Waals surface area contributed by atoms with Crippen LogP contribution in [0.5, 0.6) is 0 Å². The molecule has 0 amide bonds. The normalized spacial score (nSPS) is 10.6. The first-order valence-corrected chi connectivity index (χ1v) is 7.45. The number of oxazole rings is 1. The monoisotopic (exact) mass is 306 g/mol. The van der Waals surface area contributed by atoms with E-state index in [9.17, 15) is 4.79 Å². The maximum absolute atomic E-state index is 11.3. The van der Waals surface area contributed by atoms with E-state index >= 15 is 0 Å². The molecule has 0 spiro atoms. The van der Waals surface area contributed by atoms with Crippen molar-refractivity contribution in [1.29, 1.82) is 0 Å². The first-order chi connectivity index (χ1) is 11.0. The van der Waals surface area contributed by atoms with Crippen LogP contribution in [-0.2, 0) is 0 Å². The van der Waals surface area contributed by atoms with E-state index in [1.54, 1.807) is 6.92 Å². The number of carbonyl (C=O) groups excluding carboxylic acids is 1. The summed E-state index contributed by atoms with van der Waals surface area (Å²) in [6.07, 6.45) is 0. The maximum Gasteiger partial charge on any atom is 0.299 e. The number of aryl methyl sites for hydroxylation is 2. The second-order valence-corrected chi connectivity index (χ2v) is 5.50. The first kappa shape index (κ1) is 15.0. The van der Waals surface area contributed by atoms with Gasteiger partial charge in [0.2, 0.25) is 0 Å². The maximum atomic E-state index is 11.3. The lowest BCUT2D eigenvalue weighted by atomic mass is 10.0. The standard InChI is InChI=1S/C19H18N2O2/c1-12-14(3)23-19(20-12)21-18-10-8-17(9-11-18)16-6-4-15(5-7-16)13(2)22/h4-11H,1-3H3,(H,20,21). The molecule has 0 aliphatic rings. The summed E-state index contributed by atoms with van der Waals surface area (Å²) in [6.45, 7) is 5.38. The predicted molar refractivity (Wildman–Crippen MR) is 91.1 cm³/mol. The molecule has 3 aromatic rings. The van der Waals surface area contributed by atoms with Gasteiger partial charge in [0.25, 0.3) is 6.01 Å². The van der Waals surface area contributed by atoms with Gasteiger partial charge < -0.3 is 9.73 Å². The number of anilines is 2. The number of rotatable bonds is 4. The molecule has 0 aliphatic carbocycles. The lowest BCUT2D eigenvalue weighted by Crippen LogP contribution is -1.92. The summed E-state index contributed by atoms with van der Waals surface area (Å²) in [6, 6.07) is 16.1. The minimum absolute atomic E-state index is 0.0765. The van der Waals surface area contributed by atoms with Crippen LogP contribution in [0, 0.1) is 13.8 Å². The fourth-order valence-electron chi connectivity index (χ4n) is 2.29. The van der Waals surface area contributed by atoms with Crippen molar-refractivity contribution in [3.05, 3.63) is 65.5 Å². The summed E-state index contributed by atoms with van der Waals surface area (Å²) in [5.41, 5.74) is 4.68. The van der Waals surface area contributed by atoms with Crippen molar-refractivity contribution in [2.24, 2.45) is 0 Å². The summed E-state index contributed by atoms with van der Waals surface area (Å²) in [4.78, 5) is 15.6. The molecule has 0 atom stereocenters. The first-order valence-electron chi connectivity index (χ1n) is 7.45. The number of aromatic nitrogens is 1. The molecule has 0 saturated carbocycles. The molecule has 0 aliphatic heterocycles. The molecule has 1 heterocycles. The van der Waals surface area contributed by atoms with Crippen molar-refractivity contribution in [3.63, 3.8) is 0 Å². The Morgan fingerprint density at radius 2 is 1.52 bits per heavy atom. The van der Waals surface area contributed by atoms with Gasteiger partial charge in [0.05, 0.1) is 5.69 Å². The molecule has 0 radical (unpaired) electrons. The molecule has 4 heteroatoms. The summed E-state index contributed by atoms with van der Waals surface area (Å²) in [7, 11) is 0. The summed E-state index contributed by atoms with van der Waals surface area (Å²) in [5.74, 6) is 0.891. The quantitative estimate of drug-likeness (QED) is 0.696. The Morgan fingerprint density at radius 1 is 0.957 bits per heavy atom. The van der Waals surface area contributed by atoms with E-state index in [2.05, 4.69) is 10.3 Å². The van der Waals surface area contributed by atoms with Crippen LogP contribution >= 0.6 is 0 Å². The van der Waals surface area contributed by atoms with E-state index in [1.165, 1.54) is 0 Å². The van der Waals surface area contributed by atoms with Crippen LogP contribution < -0.4 is 5.32 Å². The van der Waals surface area contributed by atoms with Crippen molar-refractivity contribution in [1.82, 2.24) is 4.98 Å². The second-order valence-electron chi connectivity index (χ2n) is 5.50. The zero-order chi connectivity index (χ0) is 16.4. The van der Waals surface area contributed by atoms with Crippen LogP contribution in [0.3, 0.4) is 0 Å². The third-order valence-electron chi connectivity index (χ3n) is 3.79. The molecule has 2 aromatic carbocycles. The largest absolute Gasteiger partial charge is 0.429 e. The average Bonchev–Trinajstić information content (AvgIpc) is 2.86. The highest BCUT2D eigenvalue weighted by molar-refractivity contribution is 5.94. The fourth-order valence-corrected chi connectivity index (χ4v) is 2.29. The molecule has 0 saturated heterocycles. The van der Waals surface area contributed by atoms with Gasteiger partial charge in [-0.05, 0) is 44.0 Å². The van der Waals surface area contributed by atoms with Gasteiger partial charge in [-0.3, -0.25) is 4.79 Å². The Labute approximate surface area is 135 Å². The number of carbonyl (C=O) groups is 1. The number of nitrogens with one attached hydrogen (secondary N) is 1. The van der Waals surface area contributed by atoms with E-state index in [4.69, 9.17) is 4.42 Å². The number of nitrogens with zero attached hydrogens (tertiary/aromatic N) is 1. The minimum atomic E-state index is 0.0765. The van der Waals surface area contributed by atoms with E-state index in [1.807, 2.05) is 62.4 Å². The van der Waals surface area contributed by atoms with Gasteiger partial charge in [-0.1, -0.05) is 36.4 Å². The topological polar surface area (TPSA) is 55.1 Å². The highest BCUT2D eigenvalue weighted by Gasteiger charge is 2.06. The van der Waals surface area contributed by atoms with Gasteiger partial charge in [-0.15, -0.1) is 0 Å². The van der Waals surface area contributed by atoms with E-state index in [-0.39, 0.29) is 5.78 Å². The minimum Gasteiger partial charge on any atom is -0.429 e. The van der Waals surface area contributed by atoms with Gasteiger partial charge in [0, 0.05) is 11.3 Å². The molecule has 0 bridgehead atoms. The molecule has 1 aromatic heterocycles. The molecule has 23 heavy (non-hydrogen) atoms. The molecule has 116 valence electrons. The number of benzene rings is 2. The molecular weight excluding hydrogens is 288 g/mol. The van der Waals surface area contributed by atoms with Gasteiger partial charge in [-0.2, -0.15) is 4.98 Å². The average molecular weight is 306 g/mol. The molecule has 0 fully saturated rings. The van der Waals surface area contributed by atoms with Crippen molar-refractivity contribution < 1.29 is 9.21 Å². The van der Waals surface area contributed by atoms with Gasteiger partial charge in [0.15, 0.2) is 5.78 Å². The Morgan fingerprint density at radius 3 is 2.00 bits per heavy atom. The Balaban J connectivity index is 1.77. The van der Waals surface area contributed by atoms with E-state index in [0.717, 1.165) is 33.8 Å². The molecule has 4 nitrogen and oxygen atoms in total. The van der Waals surface area contributed by atoms with E-state index < -0.39 is 0 Å². The zero-order valence-corrected chi connectivity index (χ0v) is 13.4. The lowest BCUT2D eigenvalue weighted by Gasteiger charge is -2.05. The van der Waals surface area contributed by atoms with Gasteiger partial charge in [0.1, 0.15) is 5.76 Å². The summed E-state index contributed by atoms with van der Waals surface area (Å²) < 4.78 is 5.51. The van der Waals surface area contributed by atoms with Crippen molar-refractivity contribution in [2.45, 2.75) is 20.8 Å². The SMILES string of the molecule is CC(=O)c1ccc(-c2ccc(Nc3nc(C)c(C)o3)cc2)cc1. The van der Waals surface area contributed by atoms with Crippen molar-refractivity contribution >= 4 is 17.5 Å². The lowest BCUT2D eigenvalue weighted by molar-refractivity contribution is 0.101. The number of ketones is 1. The molecular formula is C19H18N2O2. The van der Waals surface area contributed by atoms with Crippen molar-refractivity contribution in [3.8, 4) is 11.1 Å². The third kappa shape index (κ3) is 3.31. The molecule has 3 rings (SSSR count). The Kier molecular flexibility index (Phi) is 3.98. The van der Waals surface area contributed by atoms with Gasteiger partial charge in [-0.25, -0.2) is 0 Å². The number of hydrogen-bond donors (Lipinski definition) is 1. The summed E-state index contributed by atoms with van der Waals surface area (Å²) in [5, 5.41) is 3.15. The van der Waals surface area contributed by atoms with Crippen LogP contribution in [0.25, 0.3) is 11.1 Å². The van der Waals surface area contributed by atoms with Crippen molar-refractivity contribution in [2.75, 3.05) is 5.32 Å². The van der Waals surface area contributed by atoms with Crippen LogP contribution in [0.1, 0.15) is 28.7 Å². The summed E-state index contributed by atoms with van der Waals surface area (Å²) >= 11 is 0. The molecule has 1 N–H and O–H groups in total. The number of hydrogen-bond acceptors (Lipinski definition) is 4. The Bertz CT molecular complexity index is 811. The van der Waals surface area contributed by atoms with Crippen LogP contribution in [0.15, 0.2) is 52.9 Å². The molecule has 0 unspecified atom stereocenters. The fraction of sp³-hybridized carbons (Fsp3) is 0.158. The third-order valence-corrected chi connectivity index (χ3v) is 3.79. The second kappa shape index (κ2) is 6.08. The number of Topliss-reactive ketones (excluding diaryl/α,β-unsaturated/α-hetero) is 1. The highest BCUT2D eigenvalue weighted by atomic mass is 16.4. The van der Waals surface area contributed by atoms with Gasteiger partial charge >= 0.3 is 0 Å². The highest BCUT2D eigenvalue weighted by Crippen LogP contribution is 2.24. The van der Waals surface area contributed by atoms with E-state index in [0.29, 0.717) is 6.01 Å². The van der Waals surface area contributed by atoms with Crippen LogP contribution in [-0.4, -0.2) is 10.8 Å². The predicted octanol–water partition coefficient (Wildman–Crippen LogP) is 4.90. The smallest absolute Gasteiger partial charge is 0.299 e. The Hall–Kier alpha value is -2.88.